The molecule has 0 aromatic carbocycles. The molecular formula is C12H16N6O. The van der Waals surface area contributed by atoms with E-state index in [2.05, 4.69) is 25.5 Å². The zero-order valence-corrected chi connectivity index (χ0v) is 10.8. The smallest absolute Gasteiger partial charge is 0.274 e. The zero-order chi connectivity index (χ0) is 13.8. The van der Waals surface area contributed by atoms with Crippen molar-refractivity contribution in [1.29, 1.82) is 0 Å². The third-order valence-corrected chi connectivity index (χ3v) is 2.70. The Morgan fingerprint density at radius 1 is 1.53 bits per heavy atom. The molecule has 0 aliphatic heterocycles. The van der Waals surface area contributed by atoms with Crippen LogP contribution in [0.2, 0.25) is 0 Å². The molecule has 0 saturated heterocycles. The Kier molecular flexibility index (Phi) is 3.74. The molecule has 1 amide bonds. The van der Waals surface area contributed by atoms with Gasteiger partial charge in [-0.1, -0.05) is 13.8 Å². The third-order valence-electron chi connectivity index (χ3n) is 2.70. The fourth-order valence-corrected chi connectivity index (χ4v) is 1.65. The maximum Gasteiger partial charge on any atom is 0.274 e. The Morgan fingerprint density at radius 3 is 2.89 bits per heavy atom. The lowest BCUT2D eigenvalue weighted by atomic mass is 10.1. The Bertz CT molecular complexity index is 563. The van der Waals surface area contributed by atoms with Gasteiger partial charge in [-0.25, -0.2) is 9.97 Å². The SMILES string of the molecule is CC(C)c1[nH]nc(C(=O)NCc2ccncn2)c1N. The predicted octanol–water partition coefficient (Wildman–Crippen LogP) is 0.835. The van der Waals surface area contributed by atoms with Crippen molar-refractivity contribution in [3.05, 3.63) is 35.7 Å². The van der Waals surface area contributed by atoms with Crippen LogP contribution in [0.5, 0.6) is 0 Å². The van der Waals surface area contributed by atoms with Gasteiger partial charge in [-0.2, -0.15) is 5.10 Å². The molecule has 0 spiro atoms. The summed E-state index contributed by atoms with van der Waals surface area (Å²) in [4.78, 5) is 19.8. The Balaban J connectivity index is 2.05. The molecule has 7 heteroatoms. The van der Waals surface area contributed by atoms with E-state index >= 15 is 0 Å². The molecule has 100 valence electrons. The van der Waals surface area contributed by atoms with E-state index in [0.717, 1.165) is 11.4 Å². The van der Waals surface area contributed by atoms with Crippen LogP contribution in [0.15, 0.2) is 18.6 Å². The fourth-order valence-electron chi connectivity index (χ4n) is 1.65. The summed E-state index contributed by atoms with van der Waals surface area (Å²) in [6.45, 7) is 4.27. The molecule has 0 radical (unpaired) electrons. The van der Waals surface area contributed by atoms with Crippen molar-refractivity contribution in [2.24, 2.45) is 0 Å². The van der Waals surface area contributed by atoms with Crippen molar-refractivity contribution in [3.8, 4) is 0 Å². The van der Waals surface area contributed by atoms with E-state index in [1.165, 1.54) is 6.33 Å². The summed E-state index contributed by atoms with van der Waals surface area (Å²) in [6.07, 6.45) is 3.05. The molecule has 19 heavy (non-hydrogen) atoms. The van der Waals surface area contributed by atoms with Gasteiger partial charge in [0, 0.05) is 6.20 Å². The number of H-pyrrole nitrogens is 1. The van der Waals surface area contributed by atoms with Crippen LogP contribution in [0.3, 0.4) is 0 Å². The molecule has 0 bridgehead atoms. The molecule has 7 nitrogen and oxygen atoms in total. The number of anilines is 1. The van der Waals surface area contributed by atoms with Crippen molar-refractivity contribution >= 4 is 11.6 Å². The summed E-state index contributed by atoms with van der Waals surface area (Å²) in [7, 11) is 0. The minimum Gasteiger partial charge on any atom is -0.395 e. The van der Waals surface area contributed by atoms with Gasteiger partial charge in [0.15, 0.2) is 5.69 Å². The van der Waals surface area contributed by atoms with Crippen LogP contribution in [0.4, 0.5) is 5.69 Å². The van der Waals surface area contributed by atoms with Gasteiger partial charge >= 0.3 is 0 Å². The minimum absolute atomic E-state index is 0.191. The van der Waals surface area contributed by atoms with Gasteiger partial charge < -0.3 is 11.1 Å². The largest absolute Gasteiger partial charge is 0.395 e. The topological polar surface area (TPSA) is 110 Å². The summed E-state index contributed by atoms with van der Waals surface area (Å²) >= 11 is 0. The van der Waals surface area contributed by atoms with Gasteiger partial charge in [0.2, 0.25) is 0 Å². The van der Waals surface area contributed by atoms with Crippen molar-refractivity contribution in [3.63, 3.8) is 0 Å². The number of carbonyl (C=O) groups is 1. The quantitative estimate of drug-likeness (QED) is 0.754. The maximum atomic E-state index is 12.0. The van der Waals surface area contributed by atoms with Gasteiger partial charge in [0.05, 0.1) is 23.6 Å². The first-order valence-electron chi connectivity index (χ1n) is 5.96. The van der Waals surface area contributed by atoms with E-state index in [4.69, 9.17) is 5.73 Å². The van der Waals surface area contributed by atoms with E-state index in [1.54, 1.807) is 12.3 Å². The predicted molar refractivity (Wildman–Crippen MR) is 70.3 cm³/mol. The van der Waals surface area contributed by atoms with E-state index in [9.17, 15) is 4.79 Å². The van der Waals surface area contributed by atoms with Crippen LogP contribution >= 0.6 is 0 Å². The van der Waals surface area contributed by atoms with E-state index in [1.807, 2.05) is 13.8 Å². The highest BCUT2D eigenvalue weighted by atomic mass is 16.1. The van der Waals surface area contributed by atoms with Gasteiger partial charge in [-0.15, -0.1) is 0 Å². The average Bonchev–Trinajstić information content (AvgIpc) is 2.79. The van der Waals surface area contributed by atoms with Crippen molar-refractivity contribution in [2.45, 2.75) is 26.3 Å². The van der Waals surface area contributed by atoms with Crippen LogP contribution in [0.25, 0.3) is 0 Å². The molecule has 2 rings (SSSR count). The van der Waals surface area contributed by atoms with Crippen molar-refractivity contribution in [1.82, 2.24) is 25.5 Å². The fraction of sp³-hybridized carbons (Fsp3) is 0.333. The normalized spacial score (nSPS) is 10.7. The lowest BCUT2D eigenvalue weighted by Crippen LogP contribution is -2.24. The van der Waals surface area contributed by atoms with Gasteiger partial charge in [-0.05, 0) is 12.0 Å². The monoisotopic (exact) mass is 260 g/mol. The van der Waals surface area contributed by atoms with Crippen LogP contribution in [0.1, 0.15) is 41.6 Å². The number of carbonyl (C=O) groups excluding carboxylic acids is 1. The highest BCUT2D eigenvalue weighted by molar-refractivity contribution is 5.97. The van der Waals surface area contributed by atoms with Crippen LogP contribution in [-0.4, -0.2) is 26.1 Å². The molecule has 2 aromatic rings. The van der Waals surface area contributed by atoms with Gasteiger partial charge in [-0.3, -0.25) is 9.89 Å². The Hall–Kier alpha value is -2.44. The molecular weight excluding hydrogens is 244 g/mol. The zero-order valence-electron chi connectivity index (χ0n) is 10.8. The maximum absolute atomic E-state index is 12.0. The number of nitrogens with zero attached hydrogens (tertiary/aromatic N) is 3. The van der Waals surface area contributed by atoms with Crippen LogP contribution in [0, 0.1) is 0 Å². The lowest BCUT2D eigenvalue weighted by molar-refractivity contribution is 0.0946. The third kappa shape index (κ3) is 2.87. The molecule has 0 saturated carbocycles. The number of hydrogen-bond donors (Lipinski definition) is 3. The number of aromatic nitrogens is 4. The summed E-state index contributed by atoms with van der Waals surface area (Å²) in [5.41, 5.74) is 8.01. The number of nitrogen functional groups attached to an aromatic ring is 1. The standard InChI is InChI=1S/C12H16N6O/c1-7(2)10-9(13)11(18-17-10)12(19)15-5-8-3-4-14-6-16-8/h3-4,6-7H,5,13H2,1-2H3,(H,15,19)(H,17,18). The van der Waals surface area contributed by atoms with Crippen molar-refractivity contribution in [2.75, 3.05) is 5.73 Å². The molecule has 2 heterocycles. The number of aromatic amines is 1. The number of nitrogens with two attached hydrogens (primary N) is 1. The Labute approximate surface area is 110 Å². The summed E-state index contributed by atoms with van der Waals surface area (Å²) < 4.78 is 0. The van der Waals surface area contributed by atoms with Crippen LogP contribution in [-0.2, 0) is 6.54 Å². The average molecular weight is 260 g/mol. The summed E-state index contributed by atoms with van der Waals surface area (Å²) in [6, 6.07) is 1.73. The molecule has 2 aromatic heterocycles. The first-order valence-corrected chi connectivity index (χ1v) is 5.96. The molecule has 0 aliphatic carbocycles. The lowest BCUT2D eigenvalue weighted by Gasteiger charge is -2.04. The molecule has 0 aliphatic rings. The summed E-state index contributed by atoms with van der Waals surface area (Å²) in [5.74, 6) is -0.129. The second kappa shape index (κ2) is 5.47. The van der Waals surface area contributed by atoms with E-state index < -0.39 is 0 Å². The number of nitrogens with one attached hydrogen (secondary N) is 2. The van der Waals surface area contributed by atoms with E-state index in [0.29, 0.717) is 12.2 Å². The second-order valence-electron chi connectivity index (χ2n) is 4.44. The highest BCUT2D eigenvalue weighted by Gasteiger charge is 2.18. The molecule has 4 N–H and O–H groups in total. The molecule has 0 atom stereocenters. The van der Waals surface area contributed by atoms with Gasteiger partial charge in [0.25, 0.3) is 5.91 Å². The minimum atomic E-state index is -0.320. The van der Waals surface area contributed by atoms with Crippen LogP contribution < -0.4 is 11.1 Å². The first-order chi connectivity index (χ1) is 9.09. The summed E-state index contributed by atoms with van der Waals surface area (Å²) in [5, 5.41) is 9.46. The second-order valence-corrected chi connectivity index (χ2v) is 4.44. The van der Waals surface area contributed by atoms with Gasteiger partial charge in [0.1, 0.15) is 6.33 Å². The Morgan fingerprint density at radius 2 is 2.32 bits per heavy atom. The molecule has 0 unspecified atom stereocenters. The number of amides is 1. The highest BCUT2D eigenvalue weighted by Crippen LogP contribution is 2.21. The van der Waals surface area contributed by atoms with Crippen molar-refractivity contribution < 1.29 is 4.79 Å². The molecule has 0 fully saturated rings. The first kappa shape index (κ1) is 13.0. The number of rotatable bonds is 4. The van der Waals surface area contributed by atoms with E-state index in [-0.39, 0.29) is 17.5 Å². The number of hydrogen-bond acceptors (Lipinski definition) is 5.